The summed E-state index contributed by atoms with van der Waals surface area (Å²) in [6.45, 7) is 4.32. The average Bonchev–Trinajstić information content (AvgIpc) is 3.03. The van der Waals surface area contributed by atoms with E-state index in [9.17, 15) is 9.59 Å². The molecule has 0 unspecified atom stereocenters. The SMILES string of the molecule is CCN(C(=O)C(=O)Nc1ccc2c(c1)OCO2)c1cccc(C)c1. The van der Waals surface area contributed by atoms with Gasteiger partial charge in [-0.1, -0.05) is 12.1 Å². The summed E-state index contributed by atoms with van der Waals surface area (Å²) in [5, 5.41) is 2.60. The maximum absolute atomic E-state index is 12.5. The van der Waals surface area contributed by atoms with Crippen LogP contribution in [-0.4, -0.2) is 25.2 Å². The number of anilines is 2. The molecule has 6 heteroatoms. The van der Waals surface area contributed by atoms with E-state index in [4.69, 9.17) is 9.47 Å². The third-order valence-corrected chi connectivity index (χ3v) is 3.70. The molecule has 0 aliphatic carbocycles. The van der Waals surface area contributed by atoms with Gasteiger partial charge >= 0.3 is 11.8 Å². The topological polar surface area (TPSA) is 67.9 Å². The summed E-state index contributed by atoms with van der Waals surface area (Å²) in [7, 11) is 0. The molecule has 0 fully saturated rings. The van der Waals surface area contributed by atoms with E-state index in [2.05, 4.69) is 5.32 Å². The fourth-order valence-corrected chi connectivity index (χ4v) is 2.52. The van der Waals surface area contributed by atoms with E-state index in [0.717, 1.165) is 5.56 Å². The summed E-state index contributed by atoms with van der Waals surface area (Å²) < 4.78 is 10.5. The molecule has 124 valence electrons. The fourth-order valence-electron chi connectivity index (χ4n) is 2.52. The van der Waals surface area contributed by atoms with E-state index in [1.807, 2.05) is 38.1 Å². The number of carbonyl (C=O) groups is 2. The van der Waals surface area contributed by atoms with Crippen molar-refractivity contribution in [3.8, 4) is 11.5 Å². The number of nitrogens with one attached hydrogen (secondary N) is 1. The molecule has 0 radical (unpaired) electrons. The van der Waals surface area contributed by atoms with E-state index < -0.39 is 11.8 Å². The summed E-state index contributed by atoms with van der Waals surface area (Å²) in [6, 6.07) is 12.5. The van der Waals surface area contributed by atoms with Gasteiger partial charge in [0.15, 0.2) is 11.5 Å². The van der Waals surface area contributed by atoms with Gasteiger partial charge in [-0.05, 0) is 43.7 Å². The Balaban J connectivity index is 1.75. The summed E-state index contributed by atoms with van der Waals surface area (Å²) in [6.07, 6.45) is 0. The number of fused-ring (bicyclic) bond motifs is 1. The number of hydrogen-bond acceptors (Lipinski definition) is 4. The van der Waals surface area contributed by atoms with Gasteiger partial charge in [0, 0.05) is 24.0 Å². The van der Waals surface area contributed by atoms with Crippen LogP contribution in [-0.2, 0) is 9.59 Å². The van der Waals surface area contributed by atoms with Gasteiger partial charge in [-0.25, -0.2) is 0 Å². The van der Waals surface area contributed by atoms with Gasteiger partial charge < -0.3 is 19.7 Å². The Bertz CT molecular complexity index is 788. The summed E-state index contributed by atoms with van der Waals surface area (Å²) >= 11 is 0. The molecule has 0 saturated heterocycles. The Hall–Kier alpha value is -3.02. The Labute approximate surface area is 140 Å². The maximum Gasteiger partial charge on any atom is 0.316 e. The first-order valence-corrected chi connectivity index (χ1v) is 7.67. The molecule has 2 aromatic carbocycles. The molecule has 0 spiro atoms. The summed E-state index contributed by atoms with van der Waals surface area (Å²) in [4.78, 5) is 26.2. The van der Waals surface area contributed by atoms with Crippen LogP contribution in [0.25, 0.3) is 0 Å². The zero-order chi connectivity index (χ0) is 17.1. The molecule has 2 aromatic rings. The van der Waals surface area contributed by atoms with Crippen LogP contribution in [0.5, 0.6) is 11.5 Å². The largest absolute Gasteiger partial charge is 0.454 e. The normalized spacial score (nSPS) is 11.9. The predicted octanol–water partition coefficient (Wildman–Crippen LogP) is 2.72. The highest BCUT2D eigenvalue weighted by Gasteiger charge is 2.23. The zero-order valence-electron chi connectivity index (χ0n) is 13.5. The second-order valence-corrected chi connectivity index (χ2v) is 5.41. The van der Waals surface area contributed by atoms with Crippen LogP contribution in [0.2, 0.25) is 0 Å². The van der Waals surface area contributed by atoms with Crippen molar-refractivity contribution in [2.24, 2.45) is 0 Å². The van der Waals surface area contributed by atoms with Crippen LogP contribution in [0.4, 0.5) is 11.4 Å². The maximum atomic E-state index is 12.5. The first kappa shape index (κ1) is 15.9. The minimum Gasteiger partial charge on any atom is -0.454 e. The molecule has 1 heterocycles. The Morgan fingerprint density at radius 1 is 1.12 bits per heavy atom. The van der Waals surface area contributed by atoms with Crippen molar-refractivity contribution in [3.63, 3.8) is 0 Å². The molecule has 0 saturated carbocycles. The number of ether oxygens (including phenoxy) is 2. The second kappa shape index (κ2) is 6.62. The number of carbonyl (C=O) groups excluding carboxylic acids is 2. The second-order valence-electron chi connectivity index (χ2n) is 5.41. The van der Waals surface area contributed by atoms with E-state index in [0.29, 0.717) is 29.4 Å². The van der Waals surface area contributed by atoms with Gasteiger partial charge in [-0.2, -0.15) is 0 Å². The molecule has 0 atom stereocenters. The van der Waals surface area contributed by atoms with Crippen molar-refractivity contribution in [1.82, 2.24) is 0 Å². The van der Waals surface area contributed by atoms with Gasteiger partial charge in [-0.15, -0.1) is 0 Å². The number of rotatable bonds is 3. The van der Waals surface area contributed by atoms with Crippen LogP contribution < -0.4 is 19.7 Å². The molecular formula is C18H18N2O4. The lowest BCUT2D eigenvalue weighted by Gasteiger charge is -2.20. The monoisotopic (exact) mass is 326 g/mol. The standard InChI is InChI=1S/C18H18N2O4/c1-3-20(14-6-4-5-12(2)9-14)18(22)17(21)19-13-7-8-15-16(10-13)24-11-23-15/h4-10H,3,11H2,1-2H3,(H,19,21). The molecule has 2 amide bonds. The number of likely N-dealkylation sites (N-methyl/N-ethyl adjacent to an activating group) is 1. The minimum absolute atomic E-state index is 0.155. The van der Waals surface area contributed by atoms with Crippen molar-refractivity contribution in [3.05, 3.63) is 48.0 Å². The third kappa shape index (κ3) is 3.17. The highest BCUT2D eigenvalue weighted by atomic mass is 16.7. The molecular weight excluding hydrogens is 308 g/mol. The van der Waals surface area contributed by atoms with Gasteiger partial charge in [0.05, 0.1) is 0 Å². The van der Waals surface area contributed by atoms with Gasteiger partial charge in [0.1, 0.15) is 0 Å². The molecule has 1 N–H and O–H groups in total. The van der Waals surface area contributed by atoms with Crippen molar-refractivity contribution < 1.29 is 19.1 Å². The zero-order valence-corrected chi connectivity index (χ0v) is 13.5. The number of amides is 2. The quantitative estimate of drug-likeness (QED) is 0.881. The minimum atomic E-state index is -0.697. The van der Waals surface area contributed by atoms with Crippen LogP contribution >= 0.6 is 0 Å². The molecule has 24 heavy (non-hydrogen) atoms. The van der Waals surface area contributed by atoms with Crippen molar-refractivity contribution >= 4 is 23.2 Å². The highest BCUT2D eigenvalue weighted by Crippen LogP contribution is 2.34. The lowest BCUT2D eigenvalue weighted by atomic mass is 10.2. The number of nitrogens with zero attached hydrogens (tertiary/aromatic N) is 1. The molecule has 3 rings (SSSR count). The fraction of sp³-hybridized carbons (Fsp3) is 0.222. The summed E-state index contributed by atoms with van der Waals surface area (Å²) in [5.41, 5.74) is 2.20. The van der Waals surface area contributed by atoms with E-state index in [1.54, 1.807) is 18.2 Å². The van der Waals surface area contributed by atoms with Gasteiger partial charge in [0.2, 0.25) is 6.79 Å². The van der Waals surface area contributed by atoms with E-state index in [1.165, 1.54) is 4.90 Å². The lowest BCUT2D eigenvalue weighted by molar-refractivity contribution is -0.134. The van der Waals surface area contributed by atoms with Crippen LogP contribution in [0.3, 0.4) is 0 Å². The molecule has 1 aliphatic rings. The molecule has 6 nitrogen and oxygen atoms in total. The van der Waals surface area contributed by atoms with E-state index in [-0.39, 0.29) is 6.79 Å². The first-order chi connectivity index (χ1) is 11.6. The number of aryl methyl sites for hydroxylation is 1. The highest BCUT2D eigenvalue weighted by molar-refractivity contribution is 6.44. The van der Waals surface area contributed by atoms with Crippen LogP contribution in [0.1, 0.15) is 12.5 Å². The number of benzene rings is 2. The van der Waals surface area contributed by atoms with Crippen LogP contribution in [0, 0.1) is 6.92 Å². The van der Waals surface area contributed by atoms with Crippen molar-refractivity contribution in [1.29, 1.82) is 0 Å². The lowest BCUT2D eigenvalue weighted by Crippen LogP contribution is -2.39. The van der Waals surface area contributed by atoms with Crippen molar-refractivity contribution in [2.45, 2.75) is 13.8 Å². The molecule has 0 aromatic heterocycles. The molecule has 0 bridgehead atoms. The summed E-state index contributed by atoms with van der Waals surface area (Å²) in [5.74, 6) is -0.140. The van der Waals surface area contributed by atoms with E-state index >= 15 is 0 Å². The Kier molecular flexibility index (Phi) is 4.37. The third-order valence-electron chi connectivity index (χ3n) is 3.70. The first-order valence-electron chi connectivity index (χ1n) is 7.67. The molecule has 1 aliphatic heterocycles. The van der Waals surface area contributed by atoms with Crippen LogP contribution in [0.15, 0.2) is 42.5 Å². The smallest absolute Gasteiger partial charge is 0.316 e. The van der Waals surface area contributed by atoms with Gasteiger partial charge in [-0.3, -0.25) is 9.59 Å². The number of hydrogen-bond donors (Lipinski definition) is 1. The van der Waals surface area contributed by atoms with Crippen molar-refractivity contribution in [2.75, 3.05) is 23.6 Å². The Morgan fingerprint density at radius 2 is 1.92 bits per heavy atom. The van der Waals surface area contributed by atoms with Gasteiger partial charge in [0.25, 0.3) is 0 Å². The average molecular weight is 326 g/mol. The predicted molar refractivity (Wildman–Crippen MR) is 90.4 cm³/mol. The Morgan fingerprint density at radius 3 is 2.67 bits per heavy atom.